The predicted molar refractivity (Wildman–Crippen MR) is 117 cm³/mol. The summed E-state index contributed by atoms with van der Waals surface area (Å²) in [7, 11) is -0.771. The summed E-state index contributed by atoms with van der Waals surface area (Å²) < 4.78 is 37.4. The number of methoxy groups -OCH3 is 2. The van der Waals surface area contributed by atoms with Crippen molar-refractivity contribution in [2.45, 2.75) is 17.4 Å². The van der Waals surface area contributed by atoms with Crippen LogP contribution in [0.2, 0.25) is 0 Å². The molecule has 0 bridgehead atoms. The van der Waals surface area contributed by atoms with Crippen LogP contribution in [-0.2, 0) is 9.84 Å². The van der Waals surface area contributed by atoms with E-state index in [1.807, 2.05) is 6.07 Å². The van der Waals surface area contributed by atoms with E-state index < -0.39 is 15.9 Å². The van der Waals surface area contributed by atoms with Gasteiger partial charge in [-0.15, -0.1) is 0 Å². The SMILES string of the molecule is COc1ccc(/C=C(\CC(O)c2ccccc2)S(=O)(=O)c2ccccc2)c(OC)c1. The fourth-order valence-electron chi connectivity index (χ4n) is 3.09. The van der Waals surface area contributed by atoms with E-state index in [1.165, 1.54) is 7.11 Å². The number of aliphatic hydroxyl groups excluding tert-OH is 1. The summed E-state index contributed by atoms with van der Waals surface area (Å²) in [5, 5.41) is 10.7. The average molecular weight is 425 g/mol. The van der Waals surface area contributed by atoms with Gasteiger partial charge in [-0.05, 0) is 35.9 Å². The Labute approximate surface area is 177 Å². The van der Waals surface area contributed by atoms with Crippen LogP contribution in [0.15, 0.2) is 88.7 Å². The smallest absolute Gasteiger partial charge is 0.202 e. The molecule has 0 aliphatic rings. The van der Waals surface area contributed by atoms with Crippen LogP contribution in [0.25, 0.3) is 6.08 Å². The van der Waals surface area contributed by atoms with Crippen molar-refractivity contribution in [1.82, 2.24) is 0 Å². The van der Waals surface area contributed by atoms with Crippen molar-refractivity contribution in [3.05, 3.63) is 94.9 Å². The Bertz CT molecular complexity index is 1110. The molecule has 0 fully saturated rings. The van der Waals surface area contributed by atoms with Gasteiger partial charge in [0.1, 0.15) is 11.5 Å². The molecule has 0 heterocycles. The topological polar surface area (TPSA) is 72.8 Å². The number of aliphatic hydroxyl groups is 1. The van der Waals surface area contributed by atoms with E-state index in [2.05, 4.69) is 0 Å². The minimum absolute atomic E-state index is 0.0730. The maximum Gasteiger partial charge on any atom is 0.202 e. The van der Waals surface area contributed by atoms with E-state index in [4.69, 9.17) is 9.47 Å². The van der Waals surface area contributed by atoms with Gasteiger partial charge in [0, 0.05) is 18.1 Å². The summed E-state index contributed by atoms with van der Waals surface area (Å²) in [6.45, 7) is 0. The number of sulfone groups is 1. The third kappa shape index (κ3) is 4.90. The lowest BCUT2D eigenvalue weighted by Gasteiger charge is -2.16. The van der Waals surface area contributed by atoms with Gasteiger partial charge in [0.2, 0.25) is 9.84 Å². The highest BCUT2D eigenvalue weighted by atomic mass is 32.2. The Morgan fingerprint density at radius 3 is 2.17 bits per heavy atom. The monoisotopic (exact) mass is 424 g/mol. The van der Waals surface area contributed by atoms with Gasteiger partial charge in [-0.1, -0.05) is 48.5 Å². The fraction of sp³-hybridized carbons (Fsp3) is 0.167. The third-order valence-electron chi connectivity index (χ3n) is 4.73. The Hall–Kier alpha value is -3.09. The standard InChI is InChI=1S/C24H24O5S/c1-28-20-14-13-19(24(16-20)29-2)15-22(17-23(25)18-9-5-3-6-10-18)30(26,27)21-11-7-4-8-12-21/h3-16,23,25H,17H2,1-2H3/b22-15+. The van der Waals surface area contributed by atoms with Crippen molar-refractivity contribution < 1.29 is 23.0 Å². The molecule has 0 radical (unpaired) electrons. The molecule has 0 saturated carbocycles. The zero-order valence-electron chi connectivity index (χ0n) is 16.9. The molecule has 0 amide bonds. The average Bonchev–Trinajstić information content (AvgIpc) is 2.79. The summed E-state index contributed by atoms with van der Waals surface area (Å²) in [5.74, 6) is 1.07. The number of benzene rings is 3. The van der Waals surface area contributed by atoms with Gasteiger partial charge in [0.25, 0.3) is 0 Å². The summed E-state index contributed by atoms with van der Waals surface area (Å²) in [6, 6.07) is 22.3. The largest absolute Gasteiger partial charge is 0.497 e. The van der Waals surface area contributed by atoms with Gasteiger partial charge in [-0.3, -0.25) is 0 Å². The Morgan fingerprint density at radius 1 is 0.933 bits per heavy atom. The first-order chi connectivity index (χ1) is 14.5. The van der Waals surface area contributed by atoms with Crippen molar-refractivity contribution in [1.29, 1.82) is 0 Å². The minimum atomic E-state index is -3.83. The molecule has 1 unspecified atom stereocenters. The molecule has 3 aromatic carbocycles. The summed E-state index contributed by atoms with van der Waals surface area (Å²) in [5.41, 5.74) is 1.22. The molecule has 6 heteroatoms. The zero-order valence-corrected chi connectivity index (χ0v) is 17.7. The lowest BCUT2D eigenvalue weighted by Crippen LogP contribution is -2.09. The van der Waals surface area contributed by atoms with Gasteiger partial charge in [0.15, 0.2) is 0 Å². The molecule has 3 rings (SSSR count). The van der Waals surface area contributed by atoms with E-state index in [0.717, 1.165) is 0 Å². The molecular weight excluding hydrogens is 400 g/mol. The van der Waals surface area contributed by atoms with E-state index in [1.54, 1.807) is 86.0 Å². The summed E-state index contributed by atoms with van der Waals surface area (Å²) in [6.07, 6.45) is 0.503. The van der Waals surface area contributed by atoms with Crippen molar-refractivity contribution >= 4 is 15.9 Å². The van der Waals surface area contributed by atoms with Crippen LogP contribution in [0.4, 0.5) is 0 Å². The molecule has 0 saturated heterocycles. The highest BCUT2D eigenvalue weighted by molar-refractivity contribution is 7.95. The molecule has 30 heavy (non-hydrogen) atoms. The van der Waals surface area contributed by atoms with E-state index in [0.29, 0.717) is 22.6 Å². The number of hydrogen-bond donors (Lipinski definition) is 1. The van der Waals surface area contributed by atoms with Gasteiger partial charge in [0.05, 0.1) is 30.1 Å². The lowest BCUT2D eigenvalue weighted by atomic mass is 10.1. The van der Waals surface area contributed by atoms with Crippen molar-refractivity contribution in [2.24, 2.45) is 0 Å². The van der Waals surface area contributed by atoms with Crippen molar-refractivity contribution in [3.8, 4) is 11.5 Å². The molecule has 0 aliphatic heterocycles. The van der Waals surface area contributed by atoms with Gasteiger partial charge < -0.3 is 14.6 Å². The molecule has 0 spiro atoms. The normalized spacial score (nSPS) is 13.0. The first-order valence-corrected chi connectivity index (χ1v) is 10.9. The molecule has 0 aliphatic carbocycles. The Balaban J connectivity index is 2.09. The van der Waals surface area contributed by atoms with Crippen molar-refractivity contribution in [3.63, 3.8) is 0 Å². The Kier molecular flexibility index (Phi) is 6.92. The minimum Gasteiger partial charge on any atom is -0.497 e. The second-order valence-corrected chi connectivity index (χ2v) is 8.67. The van der Waals surface area contributed by atoms with Crippen LogP contribution in [0.5, 0.6) is 11.5 Å². The van der Waals surface area contributed by atoms with Gasteiger partial charge in [-0.2, -0.15) is 0 Å². The van der Waals surface area contributed by atoms with Crippen molar-refractivity contribution in [2.75, 3.05) is 14.2 Å². The lowest BCUT2D eigenvalue weighted by molar-refractivity contribution is 0.180. The first-order valence-electron chi connectivity index (χ1n) is 9.41. The van der Waals surface area contributed by atoms with Crippen LogP contribution in [0.1, 0.15) is 23.7 Å². The van der Waals surface area contributed by atoms with Gasteiger partial charge >= 0.3 is 0 Å². The number of ether oxygens (including phenoxy) is 2. The summed E-state index contributed by atoms with van der Waals surface area (Å²) in [4.78, 5) is 0.262. The van der Waals surface area contributed by atoms with Crippen LogP contribution in [0, 0.1) is 0 Å². The summed E-state index contributed by atoms with van der Waals surface area (Å²) >= 11 is 0. The highest BCUT2D eigenvalue weighted by Gasteiger charge is 2.24. The number of hydrogen-bond acceptors (Lipinski definition) is 5. The molecular formula is C24H24O5S. The van der Waals surface area contributed by atoms with Crippen LogP contribution in [0.3, 0.4) is 0 Å². The fourth-order valence-corrected chi connectivity index (χ4v) is 4.57. The van der Waals surface area contributed by atoms with Gasteiger partial charge in [-0.25, -0.2) is 8.42 Å². The van der Waals surface area contributed by atoms with E-state index in [-0.39, 0.29) is 16.2 Å². The van der Waals surface area contributed by atoms with E-state index in [9.17, 15) is 13.5 Å². The first kappa shape index (κ1) is 21.6. The van der Waals surface area contributed by atoms with E-state index >= 15 is 0 Å². The third-order valence-corrected chi connectivity index (χ3v) is 6.60. The molecule has 1 N–H and O–H groups in total. The molecule has 156 valence electrons. The maximum absolute atomic E-state index is 13.4. The maximum atomic E-state index is 13.4. The second kappa shape index (κ2) is 9.61. The second-order valence-electron chi connectivity index (χ2n) is 6.67. The Morgan fingerprint density at radius 2 is 1.57 bits per heavy atom. The van der Waals surface area contributed by atoms with Crippen LogP contribution < -0.4 is 9.47 Å². The quantitative estimate of drug-likeness (QED) is 0.570. The highest BCUT2D eigenvalue weighted by Crippen LogP contribution is 2.33. The molecule has 1 atom stereocenters. The zero-order chi connectivity index (χ0) is 21.6. The molecule has 5 nitrogen and oxygen atoms in total. The number of rotatable bonds is 8. The van der Waals surface area contributed by atoms with Crippen LogP contribution in [-0.4, -0.2) is 27.7 Å². The molecule has 3 aromatic rings. The van der Waals surface area contributed by atoms with Crippen LogP contribution >= 0.6 is 0 Å². The predicted octanol–water partition coefficient (Wildman–Crippen LogP) is 4.64. The molecule has 0 aromatic heterocycles.